The highest BCUT2D eigenvalue weighted by atomic mass is 16.5. The number of hydrogen-bond acceptors (Lipinski definition) is 2. The van der Waals surface area contributed by atoms with E-state index in [1.165, 1.54) is 12.0 Å². The Morgan fingerprint density at radius 3 is 2.75 bits per heavy atom. The van der Waals surface area contributed by atoms with Gasteiger partial charge >= 0.3 is 0 Å². The van der Waals surface area contributed by atoms with Gasteiger partial charge in [-0.3, -0.25) is 0 Å². The highest BCUT2D eigenvalue weighted by molar-refractivity contribution is 5.35. The third kappa shape index (κ3) is 2.56. The van der Waals surface area contributed by atoms with Crippen molar-refractivity contribution < 1.29 is 4.74 Å². The molecule has 0 aliphatic heterocycles. The van der Waals surface area contributed by atoms with E-state index in [0.29, 0.717) is 12.1 Å². The molecule has 2 rings (SSSR count). The lowest BCUT2D eigenvalue weighted by atomic mass is 10.1. The van der Waals surface area contributed by atoms with E-state index in [2.05, 4.69) is 31.3 Å². The van der Waals surface area contributed by atoms with Gasteiger partial charge in [-0.15, -0.1) is 0 Å². The van der Waals surface area contributed by atoms with Crippen molar-refractivity contribution in [3.05, 3.63) is 29.8 Å². The summed E-state index contributed by atoms with van der Waals surface area (Å²) in [5, 5.41) is 3.64. The van der Waals surface area contributed by atoms with Gasteiger partial charge < -0.3 is 10.1 Å². The number of para-hydroxylation sites is 1. The number of hydrogen-bond donors (Lipinski definition) is 1. The Morgan fingerprint density at radius 2 is 2.12 bits per heavy atom. The first-order chi connectivity index (χ1) is 7.72. The van der Waals surface area contributed by atoms with E-state index < -0.39 is 0 Å². The highest BCUT2D eigenvalue weighted by Gasteiger charge is 2.33. The van der Waals surface area contributed by atoms with Crippen molar-refractivity contribution in [3.63, 3.8) is 0 Å². The summed E-state index contributed by atoms with van der Waals surface area (Å²) in [4.78, 5) is 0. The molecule has 1 aliphatic rings. The molecule has 0 spiro atoms. The standard InChI is InChI=1S/C14H21NO/c1-4-16-14-8-6-5-7-12(14)11(3)15-13-9-10(13)2/h5-8,10-11,13,15H,4,9H2,1-3H3. The third-order valence-corrected chi connectivity index (χ3v) is 3.26. The molecule has 0 bridgehead atoms. The molecular formula is C14H21NO. The second kappa shape index (κ2) is 4.88. The molecular weight excluding hydrogens is 198 g/mol. The maximum Gasteiger partial charge on any atom is 0.124 e. The molecule has 88 valence electrons. The first-order valence-corrected chi connectivity index (χ1v) is 6.20. The van der Waals surface area contributed by atoms with E-state index >= 15 is 0 Å². The summed E-state index contributed by atoms with van der Waals surface area (Å²) in [6.45, 7) is 7.25. The molecule has 1 fully saturated rings. The molecule has 0 saturated heterocycles. The summed E-state index contributed by atoms with van der Waals surface area (Å²) >= 11 is 0. The van der Waals surface area contributed by atoms with Gasteiger partial charge in [-0.1, -0.05) is 25.1 Å². The third-order valence-electron chi connectivity index (χ3n) is 3.26. The van der Waals surface area contributed by atoms with Crippen LogP contribution in [0.5, 0.6) is 5.75 Å². The van der Waals surface area contributed by atoms with E-state index in [9.17, 15) is 0 Å². The first-order valence-electron chi connectivity index (χ1n) is 6.20. The van der Waals surface area contributed by atoms with Gasteiger partial charge in [-0.2, -0.15) is 0 Å². The predicted octanol–water partition coefficient (Wildman–Crippen LogP) is 3.14. The lowest BCUT2D eigenvalue weighted by Crippen LogP contribution is -2.22. The van der Waals surface area contributed by atoms with Crippen LogP contribution in [0, 0.1) is 5.92 Å². The van der Waals surface area contributed by atoms with Gasteiger partial charge in [0, 0.05) is 17.6 Å². The molecule has 3 atom stereocenters. The SMILES string of the molecule is CCOc1ccccc1C(C)NC1CC1C. The number of nitrogens with one attached hydrogen (secondary N) is 1. The zero-order valence-electron chi connectivity index (χ0n) is 10.4. The van der Waals surface area contributed by atoms with Gasteiger partial charge in [-0.25, -0.2) is 0 Å². The van der Waals surface area contributed by atoms with Crippen LogP contribution in [0.15, 0.2) is 24.3 Å². The van der Waals surface area contributed by atoms with E-state index in [4.69, 9.17) is 4.74 Å². The fourth-order valence-corrected chi connectivity index (χ4v) is 2.09. The molecule has 1 saturated carbocycles. The lowest BCUT2D eigenvalue weighted by Gasteiger charge is -2.17. The molecule has 3 unspecified atom stereocenters. The van der Waals surface area contributed by atoms with Gasteiger partial charge in [0.1, 0.15) is 5.75 Å². The van der Waals surface area contributed by atoms with Crippen molar-refractivity contribution in [1.29, 1.82) is 0 Å². The van der Waals surface area contributed by atoms with Crippen molar-refractivity contribution in [2.24, 2.45) is 5.92 Å². The monoisotopic (exact) mass is 219 g/mol. The maximum absolute atomic E-state index is 5.65. The van der Waals surface area contributed by atoms with Crippen LogP contribution in [-0.2, 0) is 0 Å². The Labute approximate surface area is 98.0 Å². The van der Waals surface area contributed by atoms with Crippen LogP contribution >= 0.6 is 0 Å². The van der Waals surface area contributed by atoms with Gasteiger partial charge in [0.05, 0.1) is 6.61 Å². The molecule has 1 aliphatic carbocycles. The largest absolute Gasteiger partial charge is 0.494 e. The molecule has 0 heterocycles. The van der Waals surface area contributed by atoms with Gasteiger partial charge in [0.2, 0.25) is 0 Å². The van der Waals surface area contributed by atoms with Crippen molar-refractivity contribution >= 4 is 0 Å². The van der Waals surface area contributed by atoms with E-state index in [1.807, 2.05) is 19.1 Å². The van der Waals surface area contributed by atoms with Crippen molar-refractivity contribution in [2.75, 3.05) is 6.61 Å². The molecule has 1 aromatic carbocycles. The Bertz CT molecular complexity index is 350. The van der Waals surface area contributed by atoms with Crippen molar-refractivity contribution in [3.8, 4) is 5.75 Å². The van der Waals surface area contributed by atoms with E-state index in [-0.39, 0.29) is 0 Å². The summed E-state index contributed by atoms with van der Waals surface area (Å²) in [6, 6.07) is 9.37. The fraction of sp³-hybridized carbons (Fsp3) is 0.571. The molecule has 0 amide bonds. The molecule has 0 aromatic heterocycles. The molecule has 2 nitrogen and oxygen atoms in total. The first kappa shape index (κ1) is 11.5. The summed E-state index contributed by atoms with van der Waals surface area (Å²) in [6.07, 6.45) is 1.31. The molecule has 2 heteroatoms. The van der Waals surface area contributed by atoms with Crippen LogP contribution in [0.2, 0.25) is 0 Å². The van der Waals surface area contributed by atoms with Crippen LogP contribution in [-0.4, -0.2) is 12.6 Å². The molecule has 1 aromatic rings. The van der Waals surface area contributed by atoms with Crippen LogP contribution in [0.1, 0.15) is 38.8 Å². The average Bonchev–Trinajstić information content (AvgIpc) is 2.95. The highest BCUT2D eigenvalue weighted by Crippen LogP contribution is 2.33. The fourth-order valence-electron chi connectivity index (χ4n) is 2.09. The molecule has 16 heavy (non-hydrogen) atoms. The smallest absolute Gasteiger partial charge is 0.124 e. The summed E-state index contributed by atoms with van der Waals surface area (Å²) < 4.78 is 5.65. The Hall–Kier alpha value is -1.02. The van der Waals surface area contributed by atoms with Crippen LogP contribution in [0.3, 0.4) is 0 Å². The Kier molecular flexibility index (Phi) is 3.49. The van der Waals surface area contributed by atoms with Gasteiger partial charge in [-0.05, 0) is 32.3 Å². The zero-order chi connectivity index (χ0) is 11.5. The van der Waals surface area contributed by atoms with Crippen molar-refractivity contribution in [2.45, 2.75) is 39.3 Å². The second-order valence-corrected chi connectivity index (χ2v) is 4.68. The Balaban J connectivity index is 2.05. The zero-order valence-corrected chi connectivity index (χ0v) is 10.4. The average molecular weight is 219 g/mol. The topological polar surface area (TPSA) is 21.3 Å². The van der Waals surface area contributed by atoms with Gasteiger partial charge in [0.15, 0.2) is 0 Å². The van der Waals surface area contributed by atoms with Crippen LogP contribution in [0.25, 0.3) is 0 Å². The summed E-state index contributed by atoms with van der Waals surface area (Å²) in [5.74, 6) is 1.85. The number of benzene rings is 1. The second-order valence-electron chi connectivity index (χ2n) is 4.68. The molecule has 1 N–H and O–H groups in total. The minimum absolute atomic E-state index is 0.373. The summed E-state index contributed by atoms with van der Waals surface area (Å²) in [7, 11) is 0. The predicted molar refractivity (Wildman–Crippen MR) is 66.7 cm³/mol. The van der Waals surface area contributed by atoms with Crippen LogP contribution < -0.4 is 10.1 Å². The quantitative estimate of drug-likeness (QED) is 0.821. The number of ether oxygens (including phenoxy) is 1. The van der Waals surface area contributed by atoms with Gasteiger partial charge in [0.25, 0.3) is 0 Å². The lowest BCUT2D eigenvalue weighted by molar-refractivity contribution is 0.332. The Morgan fingerprint density at radius 1 is 1.44 bits per heavy atom. The summed E-state index contributed by atoms with van der Waals surface area (Å²) in [5.41, 5.74) is 1.27. The normalized spacial score (nSPS) is 25.2. The maximum atomic E-state index is 5.65. The van der Waals surface area contributed by atoms with E-state index in [0.717, 1.165) is 18.3 Å². The number of rotatable bonds is 5. The molecule has 0 radical (unpaired) electrons. The van der Waals surface area contributed by atoms with E-state index in [1.54, 1.807) is 0 Å². The minimum Gasteiger partial charge on any atom is -0.494 e. The van der Waals surface area contributed by atoms with Crippen LogP contribution in [0.4, 0.5) is 0 Å². The minimum atomic E-state index is 0.373. The van der Waals surface area contributed by atoms with Crippen molar-refractivity contribution in [1.82, 2.24) is 5.32 Å².